The van der Waals surface area contributed by atoms with E-state index in [1.807, 2.05) is 0 Å². The Bertz CT molecular complexity index is 1010. The number of rotatable bonds is 2. The molecule has 1 aliphatic carbocycles. The van der Waals surface area contributed by atoms with Gasteiger partial charge in [0.05, 0.1) is 5.57 Å². The maximum Gasteiger partial charge on any atom is 0.454 e. The van der Waals surface area contributed by atoms with Crippen molar-refractivity contribution >= 4 is 17.3 Å². The SMILES string of the molecule is O=C(C1=C(c2ccccc2)OC2(O)c3ccccc3C(=O)C12O)C(F)(F)F. The van der Waals surface area contributed by atoms with Crippen molar-refractivity contribution in [2.45, 2.75) is 17.6 Å². The fourth-order valence-corrected chi connectivity index (χ4v) is 3.50. The van der Waals surface area contributed by atoms with Crippen molar-refractivity contribution in [1.82, 2.24) is 0 Å². The van der Waals surface area contributed by atoms with Crippen LogP contribution in [0.2, 0.25) is 0 Å². The summed E-state index contributed by atoms with van der Waals surface area (Å²) in [4.78, 5) is 24.9. The molecule has 2 aromatic rings. The maximum atomic E-state index is 13.3. The predicted octanol–water partition coefficient (Wildman–Crippen LogP) is 2.33. The molecule has 1 heterocycles. The van der Waals surface area contributed by atoms with Crippen molar-refractivity contribution in [2.75, 3.05) is 0 Å². The molecule has 2 unspecified atom stereocenters. The van der Waals surface area contributed by atoms with Gasteiger partial charge in [-0.25, -0.2) is 0 Å². The minimum absolute atomic E-state index is 0.00614. The molecule has 4 rings (SSSR count). The molecular formula is C19H11F3O5. The molecule has 2 atom stereocenters. The van der Waals surface area contributed by atoms with Crippen LogP contribution in [0.4, 0.5) is 13.2 Å². The Morgan fingerprint density at radius 1 is 0.963 bits per heavy atom. The van der Waals surface area contributed by atoms with Crippen LogP contribution in [0.25, 0.3) is 5.76 Å². The lowest BCUT2D eigenvalue weighted by Gasteiger charge is -2.30. The second-order valence-corrected chi connectivity index (χ2v) is 6.23. The molecule has 5 nitrogen and oxygen atoms in total. The van der Waals surface area contributed by atoms with Crippen molar-refractivity contribution < 1.29 is 37.7 Å². The number of benzene rings is 2. The number of carbonyl (C=O) groups is 2. The molecule has 8 heteroatoms. The summed E-state index contributed by atoms with van der Waals surface area (Å²) in [5.41, 5.74) is -4.97. The summed E-state index contributed by atoms with van der Waals surface area (Å²) in [6, 6.07) is 12.5. The molecule has 0 amide bonds. The summed E-state index contributed by atoms with van der Waals surface area (Å²) in [5.74, 6) is -7.23. The molecular weight excluding hydrogens is 365 g/mol. The Morgan fingerprint density at radius 3 is 2.19 bits per heavy atom. The molecule has 2 aromatic carbocycles. The molecule has 0 fully saturated rings. The van der Waals surface area contributed by atoms with Gasteiger partial charge in [0.15, 0.2) is 0 Å². The van der Waals surface area contributed by atoms with Gasteiger partial charge in [-0.3, -0.25) is 9.59 Å². The third-order valence-corrected chi connectivity index (χ3v) is 4.71. The fourth-order valence-electron chi connectivity index (χ4n) is 3.50. The van der Waals surface area contributed by atoms with Crippen molar-refractivity contribution in [1.29, 1.82) is 0 Å². The quantitative estimate of drug-likeness (QED) is 0.841. The number of hydrogen-bond donors (Lipinski definition) is 2. The maximum absolute atomic E-state index is 13.3. The number of ketones is 2. The van der Waals surface area contributed by atoms with Gasteiger partial charge in [0.1, 0.15) is 5.76 Å². The molecule has 2 aliphatic rings. The van der Waals surface area contributed by atoms with Crippen molar-refractivity contribution in [2.24, 2.45) is 0 Å². The van der Waals surface area contributed by atoms with E-state index in [2.05, 4.69) is 0 Å². The van der Waals surface area contributed by atoms with Crippen LogP contribution in [0.5, 0.6) is 0 Å². The second kappa shape index (κ2) is 5.28. The first-order valence-corrected chi connectivity index (χ1v) is 7.82. The highest BCUT2D eigenvalue weighted by Crippen LogP contribution is 2.57. The third-order valence-electron chi connectivity index (χ3n) is 4.71. The molecule has 0 saturated carbocycles. The van der Waals surface area contributed by atoms with E-state index in [1.165, 1.54) is 48.5 Å². The lowest BCUT2D eigenvalue weighted by atomic mass is 9.83. The molecule has 138 valence electrons. The standard InChI is InChI=1S/C19H11F3O5/c20-19(21,22)16(24)13-14(10-6-2-1-3-7-10)27-18(26)12-9-5-4-8-11(12)15(23)17(13,18)25/h1-9,25-26H. The largest absolute Gasteiger partial charge is 0.454 e. The first-order valence-electron chi connectivity index (χ1n) is 7.82. The summed E-state index contributed by atoms with van der Waals surface area (Å²) < 4.78 is 45.1. The van der Waals surface area contributed by atoms with Gasteiger partial charge < -0.3 is 14.9 Å². The first-order chi connectivity index (χ1) is 12.6. The lowest BCUT2D eigenvalue weighted by Crippen LogP contribution is -2.53. The summed E-state index contributed by atoms with van der Waals surface area (Å²) in [5, 5.41) is 22.0. The Balaban J connectivity index is 2.03. The topological polar surface area (TPSA) is 83.8 Å². The van der Waals surface area contributed by atoms with Crippen LogP contribution in [0, 0.1) is 0 Å². The van der Waals surface area contributed by atoms with E-state index in [1.54, 1.807) is 6.07 Å². The van der Waals surface area contributed by atoms with Crippen LogP contribution in [0.1, 0.15) is 21.5 Å². The zero-order valence-electron chi connectivity index (χ0n) is 13.4. The molecule has 0 bridgehead atoms. The normalized spacial score (nSPS) is 26.6. The molecule has 0 spiro atoms. The van der Waals surface area contributed by atoms with E-state index in [-0.39, 0.29) is 16.7 Å². The number of ether oxygens (including phenoxy) is 1. The van der Waals surface area contributed by atoms with Gasteiger partial charge in [0.25, 0.3) is 11.6 Å². The zero-order valence-corrected chi connectivity index (χ0v) is 13.4. The Morgan fingerprint density at radius 2 is 1.56 bits per heavy atom. The summed E-state index contributed by atoms with van der Waals surface area (Å²) in [7, 11) is 0. The van der Waals surface area contributed by atoms with Crippen molar-refractivity contribution in [3.63, 3.8) is 0 Å². The van der Waals surface area contributed by atoms with Crippen LogP contribution in [-0.4, -0.2) is 33.6 Å². The van der Waals surface area contributed by atoms with Crippen LogP contribution >= 0.6 is 0 Å². The molecule has 1 aliphatic heterocycles. The van der Waals surface area contributed by atoms with E-state index in [0.29, 0.717) is 0 Å². The van der Waals surface area contributed by atoms with E-state index >= 15 is 0 Å². The monoisotopic (exact) mass is 376 g/mol. The van der Waals surface area contributed by atoms with E-state index in [9.17, 15) is 33.0 Å². The van der Waals surface area contributed by atoms with E-state index in [0.717, 1.165) is 0 Å². The highest BCUT2D eigenvalue weighted by Gasteiger charge is 2.74. The number of aliphatic hydroxyl groups is 2. The average molecular weight is 376 g/mol. The Labute approximate surface area is 150 Å². The highest BCUT2D eigenvalue weighted by atomic mass is 19.4. The second-order valence-electron chi connectivity index (χ2n) is 6.23. The molecule has 0 radical (unpaired) electrons. The molecule has 0 aromatic heterocycles. The fraction of sp³-hybridized carbons (Fsp3) is 0.158. The van der Waals surface area contributed by atoms with Crippen molar-refractivity contribution in [3.05, 3.63) is 76.9 Å². The minimum Gasteiger partial charge on any atom is -0.453 e. The number of halogens is 3. The summed E-state index contributed by atoms with van der Waals surface area (Å²) >= 11 is 0. The number of fused-ring (bicyclic) bond motifs is 3. The van der Waals surface area contributed by atoms with Gasteiger partial charge in [0, 0.05) is 16.7 Å². The van der Waals surface area contributed by atoms with Crippen LogP contribution in [0.15, 0.2) is 60.2 Å². The Hall–Kier alpha value is -2.97. The van der Waals surface area contributed by atoms with Gasteiger partial charge in [-0.2, -0.15) is 13.2 Å². The molecule has 0 saturated heterocycles. The van der Waals surface area contributed by atoms with Crippen molar-refractivity contribution in [3.8, 4) is 0 Å². The average Bonchev–Trinajstić information content (AvgIpc) is 2.98. The van der Waals surface area contributed by atoms with Gasteiger partial charge >= 0.3 is 6.18 Å². The van der Waals surface area contributed by atoms with Gasteiger partial charge in [-0.15, -0.1) is 0 Å². The van der Waals surface area contributed by atoms with Gasteiger partial charge in [0.2, 0.25) is 11.4 Å². The smallest absolute Gasteiger partial charge is 0.453 e. The molecule has 2 N–H and O–H groups in total. The van der Waals surface area contributed by atoms with Gasteiger partial charge in [-0.05, 0) is 0 Å². The van der Waals surface area contributed by atoms with E-state index in [4.69, 9.17) is 4.74 Å². The highest BCUT2D eigenvalue weighted by molar-refractivity contribution is 6.21. The number of carbonyl (C=O) groups excluding carboxylic acids is 2. The minimum atomic E-state index is -5.39. The van der Waals surface area contributed by atoms with E-state index < -0.39 is 40.5 Å². The summed E-state index contributed by atoms with van der Waals surface area (Å²) in [6.07, 6.45) is -5.39. The third kappa shape index (κ3) is 2.08. The van der Waals surface area contributed by atoms with Crippen LogP contribution in [0.3, 0.4) is 0 Å². The Kier molecular flexibility index (Phi) is 3.41. The predicted molar refractivity (Wildman–Crippen MR) is 85.1 cm³/mol. The number of hydrogen-bond acceptors (Lipinski definition) is 5. The lowest BCUT2D eigenvalue weighted by molar-refractivity contribution is -0.226. The summed E-state index contributed by atoms with van der Waals surface area (Å²) in [6.45, 7) is 0. The number of alkyl halides is 3. The zero-order chi connectivity index (χ0) is 19.6. The van der Waals surface area contributed by atoms with Crippen LogP contribution < -0.4 is 0 Å². The first kappa shape index (κ1) is 17.4. The van der Waals surface area contributed by atoms with Crippen LogP contribution in [-0.2, 0) is 15.3 Å². The van der Waals surface area contributed by atoms with Gasteiger partial charge in [-0.1, -0.05) is 54.6 Å². The molecule has 27 heavy (non-hydrogen) atoms. The number of Topliss-reactive ketones (excluding diaryl/α,β-unsaturated/α-hetero) is 2.